The Labute approximate surface area is 205 Å². The van der Waals surface area contributed by atoms with Gasteiger partial charge in [-0.05, 0) is 55.5 Å². The molecule has 0 aromatic heterocycles. The lowest BCUT2D eigenvalue weighted by Gasteiger charge is -2.29. The van der Waals surface area contributed by atoms with Gasteiger partial charge in [0.15, 0.2) is 17.6 Å². The molecule has 2 aromatic carbocycles. The average molecular weight is 556 g/mol. The van der Waals surface area contributed by atoms with Crippen LogP contribution in [0, 0.1) is 11.6 Å². The molecular weight excluding hydrogens is 525 g/mol. The molecule has 0 saturated carbocycles. The van der Waals surface area contributed by atoms with Crippen LogP contribution in [-0.4, -0.2) is 36.4 Å². The van der Waals surface area contributed by atoms with E-state index in [0.29, 0.717) is 44.0 Å². The predicted molar refractivity (Wildman–Crippen MR) is 134 cm³/mol. The maximum Gasteiger partial charge on any atom is 0.222 e. The number of fused-ring (bicyclic) bond motifs is 1. The fraction of sp³-hybridized carbons (Fsp3) is 0.417. The van der Waals surface area contributed by atoms with Crippen LogP contribution in [0.4, 0.5) is 8.78 Å². The van der Waals surface area contributed by atoms with Crippen LogP contribution in [0.5, 0.6) is 0 Å². The minimum absolute atomic E-state index is 0. The highest BCUT2D eigenvalue weighted by atomic mass is 127. The lowest BCUT2D eigenvalue weighted by molar-refractivity contribution is -0.132. The number of hydrogen-bond acceptors (Lipinski definition) is 2. The molecule has 5 nitrogen and oxygen atoms in total. The summed E-state index contributed by atoms with van der Waals surface area (Å²) in [5.74, 6) is -0.998. The van der Waals surface area contributed by atoms with Crippen LogP contribution in [0.1, 0.15) is 49.4 Å². The van der Waals surface area contributed by atoms with Gasteiger partial charge in [0, 0.05) is 32.6 Å². The number of halogens is 3. The Hall–Kier alpha value is -2.23. The van der Waals surface area contributed by atoms with Gasteiger partial charge >= 0.3 is 0 Å². The Kier molecular flexibility index (Phi) is 10.3. The molecule has 32 heavy (non-hydrogen) atoms. The van der Waals surface area contributed by atoms with Gasteiger partial charge in [-0.1, -0.05) is 30.3 Å². The second kappa shape index (κ2) is 12.7. The highest BCUT2D eigenvalue weighted by Gasteiger charge is 2.19. The number of rotatable bonds is 7. The molecule has 0 radical (unpaired) electrons. The molecular formula is C24H31F2IN4O. The molecule has 2 aromatic rings. The molecule has 1 aliphatic heterocycles. The molecule has 1 atom stereocenters. The number of carbonyl (C=O) groups excluding carboxylic acids is 1. The summed E-state index contributed by atoms with van der Waals surface area (Å²) in [5.41, 5.74) is 3.18. The Morgan fingerprint density at radius 3 is 2.62 bits per heavy atom. The normalized spacial score (nSPS) is 14.2. The van der Waals surface area contributed by atoms with Gasteiger partial charge in [0.25, 0.3) is 0 Å². The smallest absolute Gasteiger partial charge is 0.222 e. The molecule has 2 N–H and O–H groups in total. The van der Waals surface area contributed by atoms with E-state index in [2.05, 4.69) is 27.8 Å². The number of nitrogens with one attached hydrogen (secondary N) is 2. The number of amides is 1. The molecule has 1 aliphatic rings. The highest BCUT2D eigenvalue weighted by Crippen LogP contribution is 2.19. The topological polar surface area (TPSA) is 56.7 Å². The van der Waals surface area contributed by atoms with Crippen molar-refractivity contribution in [1.82, 2.24) is 15.5 Å². The first-order valence-electron chi connectivity index (χ1n) is 10.8. The minimum atomic E-state index is -0.869. The van der Waals surface area contributed by atoms with Gasteiger partial charge in [0.2, 0.25) is 5.91 Å². The van der Waals surface area contributed by atoms with E-state index in [-0.39, 0.29) is 35.9 Å². The van der Waals surface area contributed by atoms with Gasteiger partial charge in [-0.25, -0.2) is 8.78 Å². The average Bonchev–Trinajstić information content (AvgIpc) is 2.78. The molecule has 0 spiro atoms. The van der Waals surface area contributed by atoms with E-state index < -0.39 is 11.6 Å². The van der Waals surface area contributed by atoms with E-state index >= 15 is 0 Å². The summed E-state index contributed by atoms with van der Waals surface area (Å²) in [5, 5.41) is 6.35. The molecule has 0 bridgehead atoms. The first-order valence-corrected chi connectivity index (χ1v) is 10.8. The first-order chi connectivity index (χ1) is 15.0. The van der Waals surface area contributed by atoms with Gasteiger partial charge in [-0.2, -0.15) is 0 Å². The van der Waals surface area contributed by atoms with Crippen molar-refractivity contribution in [2.24, 2.45) is 4.99 Å². The fourth-order valence-corrected chi connectivity index (χ4v) is 3.68. The molecule has 1 unspecified atom stereocenters. The number of hydrogen-bond donors (Lipinski definition) is 2. The zero-order valence-corrected chi connectivity index (χ0v) is 20.9. The van der Waals surface area contributed by atoms with E-state index in [4.69, 9.17) is 0 Å². The third kappa shape index (κ3) is 7.15. The van der Waals surface area contributed by atoms with E-state index in [1.165, 1.54) is 17.2 Å². The standard InChI is InChI=1S/C24H30F2N4O.HI/c1-3-27-24(29-17(2)19-10-11-21(25)22(26)15-19)28-13-6-9-23(31)30-14-12-18-7-4-5-8-20(18)16-30;/h4-5,7-8,10-11,15,17H,3,6,9,12-14,16H2,1-2H3,(H2,27,28,29);1H. The second-order valence-corrected chi connectivity index (χ2v) is 7.74. The molecule has 174 valence electrons. The van der Waals surface area contributed by atoms with Crippen molar-refractivity contribution in [3.05, 3.63) is 70.8 Å². The van der Waals surface area contributed by atoms with Gasteiger partial charge < -0.3 is 15.5 Å². The van der Waals surface area contributed by atoms with Gasteiger partial charge in [-0.3, -0.25) is 9.79 Å². The van der Waals surface area contributed by atoms with Crippen molar-refractivity contribution in [3.8, 4) is 0 Å². The van der Waals surface area contributed by atoms with Crippen LogP contribution in [-0.2, 0) is 17.8 Å². The van der Waals surface area contributed by atoms with Crippen molar-refractivity contribution in [2.45, 2.75) is 45.7 Å². The number of aliphatic imine (C=N–C) groups is 1. The monoisotopic (exact) mass is 556 g/mol. The first kappa shape index (κ1) is 26.0. The van der Waals surface area contributed by atoms with E-state index in [0.717, 1.165) is 19.0 Å². The third-order valence-electron chi connectivity index (χ3n) is 5.44. The van der Waals surface area contributed by atoms with Crippen LogP contribution in [0.3, 0.4) is 0 Å². The highest BCUT2D eigenvalue weighted by molar-refractivity contribution is 14.0. The number of guanidine groups is 1. The second-order valence-electron chi connectivity index (χ2n) is 7.74. The lowest BCUT2D eigenvalue weighted by atomic mass is 9.99. The summed E-state index contributed by atoms with van der Waals surface area (Å²) in [6, 6.07) is 11.9. The summed E-state index contributed by atoms with van der Waals surface area (Å²) < 4.78 is 26.7. The SMILES string of the molecule is CCNC(=NCCCC(=O)N1CCc2ccccc2C1)NC(C)c1ccc(F)c(F)c1.I. The summed E-state index contributed by atoms with van der Waals surface area (Å²) in [6.07, 6.45) is 1.99. The Morgan fingerprint density at radius 2 is 1.91 bits per heavy atom. The summed E-state index contributed by atoms with van der Waals surface area (Å²) >= 11 is 0. The summed E-state index contributed by atoms with van der Waals surface area (Å²) in [7, 11) is 0. The lowest BCUT2D eigenvalue weighted by Crippen LogP contribution is -2.39. The Morgan fingerprint density at radius 1 is 1.16 bits per heavy atom. The van der Waals surface area contributed by atoms with E-state index in [1.807, 2.05) is 30.9 Å². The van der Waals surface area contributed by atoms with E-state index in [1.54, 1.807) is 6.07 Å². The molecule has 8 heteroatoms. The van der Waals surface area contributed by atoms with Crippen molar-refractivity contribution in [2.75, 3.05) is 19.6 Å². The van der Waals surface area contributed by atoms with Crippen LogP contribution in [0.25, 0.3) is 0 Å². The van der Waals surface area contributed by atoms with Crippen LogP contribution >= 0.6 is 24.0 Å². The van der Waals surface area contributed by atoms with Crippen molar-refractivity contribution in [1.29, 1.82) is 0 Å². The molecule has 1 heterocycles. The minimum Gasteiger partial charge on any atom is -0.357 e. The summed E-state index contributed by atoms with van der Waals surface area (Å²) in [4.78, 5) is 19.0. The third-order valence-corrected chi connectivity index (χ3v) is 5.44. The van der Waals surface area contributed by atoms with Crippen molar-refractivity contribution in [3.63, 3.8) is 0 Å². The predicted octanol–water partition coefficient (Wildman–Crippen LogP) is 4.56. The Balaban J connectivity index is 0.00000363. The molecule has 3 rings (SSSR count). The largest absolute Gasteiger partial charge is 0.357 e. The zero-order chi connectivity index (χ0) is 22.2. The number of nitrogens with zero attached hydrogens (tertiary/aromatic N) is 2. The van der Waals surface area contributed by atoms with Crippen LogP contribution in [0.2, 0.25) is 0 Å². The zero-order valence-electron chi connectivity index (χ0n) is 18.5. The molecule has 1 amide bonds. The van der Waals surface area contributed by atoms with Crippen LogP contribution < -0.4 is 10.6 Å². The fourth-order valence-electron chi connectivity index (χ4n) is 3.68. The van der Waals surface area contributed by atoms with Gasteiger partial charge in [-0.15, -0.1) is 24.0 Å². The molecule has 0 fully saturated rings. The van der Waals surface area contributed by atoms with Gasteiger partial charge in [0.1, 0.15) is 0 Å². The van der Waals surface area contributed by atoms with E-state index in [9.17, 15) is 13.6 Å². The van der Waals surface area contributed by atoms with Crippen molar-refractivity contribution < 1.29 is 13.6 Å². The number of carbonyl (C=O) groups is 1. The van der Waals surface area contributed by atoms with Gasteiger partial charge in [0.05, 0.1) is 6.04 Å². The quantitative estimate of drug-likeness (QED) is 0.228. The maximum atomic E-state index is 13.5. The number of benzene rings is 2. The maximum absolute atomic E-state index is 13.5. The molecule has 0 aliphatic carbocycles. The molecule has 0 saturated heterocycles. The summed E-state index contributed by atoms with van der Waals surface area (Å²) in [6.45, 7) is 6.41. The van der Waals surface area contributed by atoms with Crippen molar-refractivity contribution >= 4 is 35.8 Å². The van der Waals surface area contributed by atoms with Crippen LogP contribution in [0.15, 0.2) is 47.5 Å². The Bertz CT molecular complexity index is 938.